The van der Waals surface area contributed by atoms with Crippen molar-refractivity contribution in [2.75, 3.05) is 0 Å². The van der Waals surface area contributed by atoms with Crippen molar-refractivity contribution < 1.29 is 4.74 Å². The lowest BCUT2D eigenvalue weighted by Gasteiger charge is -2.43. The van der Waals surface area contributed by atoms with Crippen molar-refractivity contribution >= 4 is 0 Å². The molecule has 0 aromatic heterocycles. The third-order valence-corrected chi connectivity index (χ3v) is 1.94. The third kappa shape index (κ3) is 1.50. The highest BCUT2D eigenvalue weighted by atomic mass is 16.5. The van der Waals surface area contributed by atoms with Crippen LogP contribution in [-0.4, -0.2) is 24.3 Å². The fourth-order valence-corrected chi connectivity index (χ4v) is 1.47. The Kier molecular flexibility index (Phi) is 2.32. The van der Waals surface area contributed by atoms with E-state index >= 15 is 0 Å². The molecule has 0 aromatic carbocycles. The molecule has 1 fully saturated rings. The number of ether oxygens (including phenoxy) is 1. The van der Waals surface area contributed by atoms with Crippen LogP contribution in [0.15, 0.2) is 0 Å². The van der Waals surface area contributed by atoms with E-state index in [0.29, 0.717) is 24.3 Å². The van der Waals surface area contributed by atoms with Crippen molar-refractivity contribution in [1.82, 2.24) is 5.32 Å². The molecule has 0 amide bonds. The second-order valence-corrected chi connectivity index (χ2v) is 3.39. The summed E-state index contributed by atoms with van der Waals surface area (Å²) in [6, 6.07) is 1.08. The highest BCUT2D eigenvalue weighted by Crippen LogP contribution is 2.17. The molecule has 2 heteroatoms. The lowest BCUT2D eigenvalue weighted by molar-refractivity contribution is -0.0740. The maximum atomic E-state index is 5.65. The summed E-state index contributed by atoms with van der Waals surface area (Å²) in [6.07, 6.45) is 0.789. The molecule has 2 unspecified atom stereocenters. The average molecular weight is 143 g/mol. The molecule has 0 bridgehead atoms. The van der Waals surface area contributed by atoms with Gasteiger partial charge in [-0.1, -0.05) is 0 Å². The van der Waals surface area contributed by atoms with Gasteiger partial charge in [0.1, 0.15) is 0 Å². The van der Waals surface area contributed by atoms with E-state index in [0.717, 1.165) is 0 Å². The van der Waals surface area contributed by atoms with E-state index in [1.54, 1.807) is 0 Å². The van der Waals surface area contributed by atoms with E-state index in [1.165, 1.54) is 0 Å². The number of nitrogens with one attached hydrogen (secondary N) is 1. The van der Waals surface area contributed by atoms with E-state index in [1.807, 2.05) is 0 Å². The molecule has 1 aliphatic rings. The van der Waals surface area contributed by atoms with Crippen LogP contribution >= 0.6 is 0 Å². The summed E-state index contributed by atoms with van der Waals surface area (Å²) in [5.41, 5.74) is 0. The van der Waals surface area contributed by atoms with Gasteiger partial charge in [0.25, 0.3) is 0 Å². The van der Waals surface area contributed by atoms with Gasteiger partial charge in [-0.15, -0.1) is 0 Å². The van der Waals surface area contributed by atoms with Crippen LogP contribution < -0.4 is 5.32 Å². The first-order valence-corrected chi connectivity index (χ1v) is 4.02. The molecule has 0 spiro atoms. The predicted molar refractivity (Wildman–Crippen MR) is 42.1 cm³/mol. The normalized spacial score (nSPS) is 39.9. The number of hydrogen-bond donors (Lipinski definition) is 1. The van der Waals surface area contributed by atoms with Gasteiger partial charge >= 0.3 is 0 Å². The smallest absolute Gasteiger partial charge is 0.0878 e. The Labute approximate surface area is 63.0 Å². The van der Waals surface area contributed by atoms with Gasteiger partial charge in [0.05, 0.1) is 12.2 Å². The Hall–Kier alpha value is -0.0800. The van der Waals surface area contributed by atoms with E-state index in [9.17, 15) is 0 Å². The van der Waals surface area contributed by atoms with Crippen LogP contribution in [-0.2, 0) is 4.74 Å². The van der Waals surface area contributed by atoms with Crippen LogP contribution in [0, 0.1) is 0 Å². The van der Waals surface area contributed by atoms with Gasteiger partial charge in [-0.05, 0) is 27.7 Å². The molecule has 1 saturated heterocycles. The maximum absolute atomic E-state index is 5.65. The summed E-state index contributed by atoms with van der Waals surface area (Å²) < 4.78 is 5.65. The quantitative estimate of drug-likeness (QED) is 0.626. The average Bonchev–Trinajstić information content (AvgIpc) is 1.84. The second-order valence-electron chi connectivity index (χ2n) is 3.39. The lowest BCUT2D eigenvalue weighted by Crippen LogP contribution is -2.64. The van der Waals surface area contributed by atoms with E-state index < -0.39 is 0 Å². The van der Waals surface area contributed by atoms with Crippen LogP contribution in [0.5, 0.6) is 0 Å². The zero-order valence-corrected chi connectivity index (χ0v) is 7.22. The summed E-state index contributed by atoms with van der Waals surface area (Å²) in [4.78, 5) is 0. The van der Waals surface area contributed by atoms with Crippen LogP contribution in [0.2, 0.25) is 0 Å². The second kappa shape index (κ2) is 2.89. The molecule has 0 aliphatic carbocycles. The van der Waals surface area contributed by atoms with Crippen LogP contribution in [0.25, 0.3) is 0 Å². The SMILES string of the molecule is CC(C)OC1C(C)NC1C. The Morgan fingerprint density at radius 1 is 1.20 bits per heavy atom. The zero-order valence-electron chi connectivity index (χ0n) is 7.22. The molecule has 0 aromatic rings. The minimum absolute atomic E-state index is 0.358. The van der Waals surface area contributed by atoms with Gasteiger partial charge in [0.15, 0.2) is 0 Å². The molecule has 0 saturated carbocycles. The molecule has 0 radical (unpaired) electrons. The van der Waals surface area contributed by atoms with Gasteiger partial charge in [0.2, 0.25) is 0 Å². The van der Waals surface area contributed by atoms with Gasteiger partial charge in [-0.25, -0.2) is 0 Å². The number of hydrogen-bond acceptors (Lipinski definition) is 2. The third-order valence-electron chi connectivity index (χ3n) is 1.94. The first-order valence-electron chi connectivity index (χ1n) is 4.02. The van der Waals surface area contributed by atoms with Crippen molar-refractivity contribution in [2.24, 2.45) is 0 Å². The molecule has 1 aliphatic heterocycles. The summed E-state index contributed by atoms with van der Waals surface area (Å²) in [6.45, 7) is 8.48. The van der Waals surface area contributed by atoms with Gasteiger partial charge in [-0.2, -0.15) is 0 Å². The van der Waals surface area contributed by atoms with Crippen LogP contribution in [0.3, 0.4) is 0 Å². The molecular formula is C8H17NO. The van der Waals surface area contributed by atoms with Gasteiger partial charge in [-0.3, -0.25) is 0 Å². The Morgan fingerprint density at radius 3 is 1.90 bits per heavy atom. The Balaban J connectivity index is 2.26. The van der Waals surface area contributed by atoms with Crippen LogP contribution in [0.1, 0.15) is 27.7 Å². The monoisotopic (exact) mass is 143 g/mol. The maximum Gasteiger partial charge on any atom is 0.0878 e. The minimum Gasteiger partial charge on any atom is -0.372 e. The molecule has 1 rings (SSSR count). The highest BCUT2D eigenvalue weighted by Gasteiger charge is 2.35. The molecule has 60 valence electrons. The number of rotatable bonds is 2. The molecular weight excluding hydrogens is 126 g/mol. The molecule has 1 heterocycles. The van der Waals surface area contributed by atoms with Crippen molar-refractivity contribution in [1.29, 1.82) is 0 Å². The fourth-order valence-electron chi connectivity index (χ4n) is 1.47. The van der Waals surface area contributed by atoms with Crippen LogP contribution in [0.4, 0.5) is 0 Å². The molecule has 2 atom stereocenters. The highest BCUT2D eigenvalue weighted by molar-refractivity contribution is 4.94. The van der Waals surface area contributed by atoms with Crippen molar-refractivity contribution in [3.8, 4) is 0 Å². The first-order chi connectivity index (χ1) is 4.61. The van der Waals surface area contributed by atoms with Gasteiger partial charge in [0, 0.05) is 12.1 Å². The lowest BCUT2D eigenvalue weighted by atomic mass is 9.96. The summed E-state index contributed by atoms with van der Waals surface area (Å²) in [7, 11) is 0. The molecule has 1 N–H and O–H groups in total. The first kappa shape index (κ1) is 8.02. The Bertz CT molecular complexity index is 106. The Morgan fingerprint density at radius 2 is 1.70 bits per heavy atom. The van der Waals surface area contributed by atoms with Crippen molar-refractivity contribution in [3.05, 3.63) is 0 Å². The van der Waals surface area contributed by atoms with E-state index in [4.69, 9.17) is 4.74 Å². The van der Waals surface area contributed by atoms with E-state index in [2.05, 4.69) is 33.0 Å². The van der Waals surface area contributed by atoms with Crippen molar-refractivity contribution in [2.45, 2.75) is 52.0 Å². The summed E-state index contributed by atoms with van der Waals surface area (Å²) in [5.74, 6) is 0. The predicted octanol–water partition coefficient (Wildman–Crippen LogP) is 1.16. The van der Waals surface area contributed by atoms with Gasteiger partial charge < -0.3 is 10.1 Å². The summed E-state index contributed by atoms with van der Waals surface area (Å²) >= 11 is 0. The molecule has 10 heavy (non-hydrogen) atoms. The zero-order chi connectivity index (χ0) is 7.72. The van der Waals surface area contributed by atoms with Crippen molar-refractivity contribution in [3.63, 3.8) is 0 Å². The van der Waals surface area contributed by atoms with E-state index in [-0.39, 0.29) is 0 Å². The summed E-state index contributed by atoms with van der Waals surface area (Å²) in [5, 5.41) is 3.34. The topological polar surface area (TPSA) is 21.3 Å². The fraction of sp³-hybridized carbons (Fsp3) is 1.00. The minimum atomic E-state index is 0.358. The molecule has 2 nitrogen and oxygen atoms in total. The standard InChI is InChI=1S/C8H17NO/c1-5(2)10-8-6(3)9-7(8)4/h5-9H,1-4H3. The largest absolute Gasteiger partial charge is 0.372 e.